The fourth-order valence-electron chi connectivity index (χ4n) is 2.97. The third-order valence-corrected chi connectivity index (χ3v) is 4.62. The molecule has 0 bridgehead atoms. The van der Waals surface area contributed by atoms with Crippen LogP contribution in [0.5, 0.6) is 5.75 Å². The maximum absolute atomic E-state index is 6.37. The topological polar surface area (TPSA) is 41.7 Å². The van der Waals surface area contributed by atoms with Crippen molar-refractivity contribution in [2.75, 3.05) is 51.3 Å². The highest BCUT2D eigenvalue weighted by molar-refractivity contribution is 6.32. The van der Waals surface area contributed by atoms with Gasteiger partial charge in [-0.05, 0) is 50.0 Å². The van der Waals surface area contributed by atoms with Crippen molar-refractivity contribution in [3.05, 3.63) is 22.7 Å². The van der Waals surface area contributed by atoms with E-state index in [9.17, 15) is 0 Å². The van der Waals surface area contributed by atoms with Gasteiger partial charge in [-0.2, -0.15) is 0 Å². The van der Waals surface area contributed by atoms with Gasteiger partial charge in [-0.1, -0.05) is 32.4 Å². The van der Waals surface area contributed by atoms with Crippen LogP contribution < -0.4 is 15.4 Å². The molecule has 138 valence electrons. The van der Waals surface area contributed by atoms with Crippen molar-refractivity contribution in [2.45, 2.75) is 40.0 Å². The number of anilines is 1. The van der Waals surface area contributed by atoms with E-state index in [-0.39, 0.29) is 0 Å². The summed E-state index contributed by atoms with van der Waals surface area (Å²) in [4.78, 5) is 4.91. The van der Waals surface area contributed by atoms with Gasteiger partial charge in [0.25, 0.3) is 0 Å². The SMILES string of the molecule is CC.CCc1cc(Cl)c(OC)c(N2CCN(CCCCN)CC2)c1. The number of rotatable bonds is 7. The summed E-state index contributed by atoms with van der Waals surface area (Å²) in [7, 11) is 1.69. The van der Waals surface area contributed by atoms with Crippen molar-refractivity contribution in [1.29, 1.82) is 0 Å². The number of nitrogens with zero attached hydrogens (tertiary/aromatic N) is 2. The molecule has 0 atom stereocenters. The molecule has 1 saturated heterocycles. The zero-order valence-electron chi connectivity index (χ0n) is 15.8. The van der Waals surface area contributed by atoms with Gasteiger partial charge in [-0.25, -0.2) is 0 Å². The Morgan fingerprint density at radius 2 is 1.79 bits per heavy atom. The smallest absolute Gasteiger partial charge is 0.160 e. The molecule has 0 spiro atoms. The maximum atomic E-state index is 6.37. The van der Waals surface area contributed by atoms with E-state index in [2.05, 4.69) is 22.8 Å². The zero-order chi connectivity index (χ0) is 17.9. The van der Waals surface area contributed by atoms with E-state index >= 15 is 0 Å². The summed E-state index contributed by atoms with van der Waals surface area (Å²) in [6.45, 7) is 12.3. The molecule has 1 aromatic rings. The van der Waals surface area contributed by atoms with Crippen LogP contribution in [0.2, 0.25) is 5.02 Å². The first-order valence-corrected chi connectivity index (χ1v) is 9.61. The molecular weight excluding hydrogens is 322 g/mol. The van der Waals surface area contributed by atoms with E-state index in [1.807, 2.05) is 19.9 Å². The van der Waals surface area contributed by atoms with E-state index < -0.39 is 0 Å². The number of aryl methyl sites for hydroxylation is 1. The number of piperazine rings is 1. The van der Waals surface area contributed by atoms with E-state index in [0.717, 1.165) is 63.5 Å². The molecule has 0 aromatic heterocycles. The van der Waals surface area contributed by atoms with Gasteiger partial charge in [0.15, 0.2) is 5.75 Å². The van der Waals surface area contributed by atoms with Gasteiger partial charge in [0, 0.05) is 26.2 Å². The van der Waals surface area contributed by atoms with Gasteiger partial charge < -0.3 is 15.4 Å². The van der Waals surface area contributed by atoms with E-state index in [1.165, 1.54) is 12.0 Å². The Morgan fingerprint density at radius 3 is 2.33 bits per heavy atom. The Bertz CT molecular complexity index is 474. The van der Waals surface area contributed by atoms with E-state index in [0.29, 0.717) is 5.02 Å². The summed E-state index contributed by atoms with van der Waals surface area (Å²) < 4.78 is 5.53. The van der Waals surface area contributed by atoms with Crippen LogP contribution in [0.25, 0.3) is 0 Å². The molecule has 0 radical (unpaired) electrons. The molecule has 1 aromatic carbocycles. The molecule has 5 heteroatoms. The molecule has 0 aliphatic carbocycles. The lowest BCUT2D eigenvalue weighted by atomic mass is 10.1. The molecular formula is C19H34ClN3O. The van der Waals surface area contributed by atoms with Gasteiger partial charge in [0.2, 0.25) is 0 Å². The van der Waals surface area contributed by atoms with Crippen molar-refractivity contribution < 1.29 is 4.74 Å². The predicted molar refractivity (Wildman–Crippen MR) is 106 cm³/mol. The molecule has 0 unspecified atom stereocenters. The molecule has 1 heterocycles. The summed E-state index contributed by atoms with van der Waals surface area (Å²) >= 11 is 6.37. The minimum atomic E-state index is 0.710. The number of methoxy groups -OCH3 is 1. The lowest BCUT2D eigenvalue weighted by Crippen LogP contribution is -2.46. The highest BCUT2D eigenvalue weighted by atomic mass is 35.5. The molecule has 1 aliphatic heterocycles. The fraction of sp³-hybridized carbons (Fsp3) is 0.684. The minimum Gasteiger partial charge on any atom is -0.493 e. The van der Waals surface area contributed by atoms with E-state index in [1.54, 1.807) is 7.11 Å². The third-order valence-electron chi connectivity index (χ3n) is 4.34. The Labute approximate surface area is 152 Å². The number of benzene rings is 1. The monoisotopic (exact) mass is 355 g/mol. The van der Waals surface area contributed by atoms with Gasteiger partial charge >= 0.3 is 0 Å². The summed E-state index contributed by atoms with van der Waals surface area (Å²) in [5.74, 6) is 0.801. The molecule has 4 nitrogen and oxygen atoms in total. The Hall–Kier alpha value is -0.970. The predicted octanol–water partition coefficient (Wildman–Crippen LogP) is 3.80. The summed E-state index contributed by atoms with van der Waals surface area (Å²) in [5.41, 5.74) is 7.95. The summed E-state index contributed by atoms with van der Waals surface area (Å²) in [6, 6.07) is 4.22. The molecule has 2 N–H and O–H groups in total. The standard InChI is InChI=1S/C17H28ClN3O.C2H6/c1-3-14-12-15(18)17(22-2)16(13-14)21-10-8-20(9-11-21)7-5-4-6-19;1-2/h12-13H,3-11,19H2,1-2H3;1-2H3. The number of unbranched alkanes of at least 4 members (excludes halogenated alkanes) is 1. The quantitative estimate of drug-likeness (QED) is 0.755. The van der Waals surface area contributed by atoms with Crippen LogP contribution in [0.1, 0.15) is 39.2 Å². The van der Waals surface area contributed by atoms with Crippen LogP contribution in [-0.2, 0) is 6.42 Å². The molecule has 0 saturated carbocycles. The summed E-state index contributed by atoms with van der Waals surface area (Å²) in [6.07, 6.45) is 3.29. The lowest BCUT2D eigenvalue weighted by Gasteiger charge is -2.37. The zero-order valence-corrected chi connectivity index (χ0v) is 16.5. The molecule has 0 amide bonds. The number of nitrogens with two attached hydrogens (primary N) is 1. The van der Waals surface area contributed by atoms with Crippen LogP contribution in [0.4, 0.5) is 5.69 Å². The maximum Gasteiger partial charge on any atom is 0.160 e. The molecule has 2 rings (SSSR count). The largest absolute Gasteiger partial charge is 0.493 e. The second-order valence-electron chi connectivity index (χ2n) is 5.81. The van der Waals surface area contributed by atoms with Gasteiger partial charge in [0.05, 0.1) is 17.8 Å². The van der Waals surface area contributed by atoms with Crippen LogP contribution in [0, 0.1) is 0 Å². The van der Waals surface area contributed by atoms with Crippen LogP contribution in [0.15, 0.2) is 12.1 Å². The summed E-state index contributed by atoms with van der Waals surface area (Å²) in [5, 5.41) is 0.710. The van der Waals surface area contributed by atoms with Crippen molar-refractivity contribution in [3.63, 3.8) is 0 Å². The van der Waals surface area contributed by atoms with Crippen molar-refractivity contribution in [2.24, 2.45) is 5.73 Å². The molecule has 1 fully saturated rings. The molecule has 1 aliphatic rings. The average Bonchev–Trinajstić information content (AvgIpc) is 2.63. The second kappa shape index (κ2) is 11.6. The van der Waals surface area contributed by atoms with E-state index in [4.69, 9.17) is 22.1 Å². The van der Waals surface area contributed by atoms with Crippen LogP contribution in [0.3, 0.4) is 0 Å². The normalized spacial score (nSPS) is 15.0. The highest BCUT2D eigenvalue weighted by Crippen LogP contribution is 2.37. The van der Waals surface area contributed by atoms with Crippen LogP contribution >= 0.6 is 11.6 Å². The van der Waals surface area contributed by atoms with Crippen molar-refractivity contribution in [1.82, 2.24) is 4.90 Å². The first-order valence-electron chi connectivity index (χ1n) is 9.23. The highest BCUT2D eigenvalue weighted by Gasteiger charge is 2.21. The Morgan fingerprint density at radius 1 is 1.12 bits per heavy atom. The van der Waals surface area contributed by atoms with Crippen molar-refractivity contribution >= 4 is 17.3 Å². The third kappa shape index (κ3) is 5.83. The van der Waals surface area contributed by atoms with Gasteiger partial charge in [-0.15, -0.1) is 0 Å². The second-order valence-corrected chi connectivity index (χ2v) is 6.22. The first kappa shape index (κ1) is 21.1. The number of ether oxygens (including phenoxy) is 1. The fourth-order valence-corrected chi connectivity index (χ4v) is 3.28. The van der Waals surface area contributed by atoms with Gasteiger partial charge in [0.1, 0.15) is 0 Å². The first-order chi connectivity index (χ1) is 11.7. The Balaban J connectivity index is 0.00000139. The lowest BCUT2D eigenvalue weighted by molar-refractivity contribution is 0.252. The minimum absolute atomic E-state index is 0.710. The molecule has 24 heavy (non-hydrogen) atoms. The van der Waals surface area contributed by atoms with Crippen molar-refractivity contribution in [3.8, 4) is 5.75 Å². The number of hydrogen-bond acceptors (Lipinski definition) is 4. The Kier molecular flexibility index (Phi) is 10.2. The number of hydrogen-bond donors (Lipinski definition) is 1. The number of halogens is 1. The van der Waals surface area contributed by atoms with Gasteiger partial charge in [-0.3, -0.25) is 4.90 Å². The average molecular weight is 356 g/mol. The van der Waals surface area contributed by atoms with Crippen LogP contribution in [-0.4, -0.2) is 51.3 Å².